The molecule has 0 amide bonds. The van der Waals surface area contributed by atoms with Crippen molar-refractivity contribution in [2.45, 2.75) is 13.1 Å². The van der Waals surface area contributed by atoms with Crippen LogP contribution in [-0.4, -0.2) is 7.11 Å². The number of hydrogen-bond donors (Lipinski definition) is 1. The highest BCUT2D eigenvalue weighted by atomic mass is 79.9. The summed E-state index contributed by atoms with van der Waals surface area (Å²) in [7, 11) is 1.67. The molecule has 0 saturated heterocycles. The van der Waals surface area contributed by atoms with E-state index in [-0.39, 0.29) is 0 Å². The number of nitrogens with one attached hydrogen (secondary N) is 1. The van der Waals surface area contributed by atoms with Crippen LogP contribution in [0.2, 0.25) is 0 Å². The SMILES string of the molecule is COc1c(Br)cc(CNCc2ccsc2)cc1Br. The molecular weight excluding hydrogens is 378 g/mol. The van der Waals surface area contributed by atoms with E-state index in [2.05, 4.69) is 66.1 Å². The predicted octanol–water partition coefficient (Wildman–Crippen LogP) is 4.57. The van der Waals surface area contributed by atoms with Gasteiger partial charge in [0.25, 0.3) is 0 Å². The fourth-order valence-electron chi connectivity index (χ4n) is 1.65. The molecule has 0 unspecified atom stereocenters. The van der Waals surface area contributed by atoms with E-state index in [1.54, 1.807) is 18.4 Å². The molecule has 1 N–H and O–H groups in total. The minimum Gasteiger partial charge on any atom is -0.494 e. The molecule has 0 aliphatic carbocycles. The Morgan fingerprint density at radius 1 is 1.17 bits per heavy atom. The van der Waals surface area contributed by atoms with Crippen LogP contribution in [0.1, 0.15) is 11.1 Å². The van der Waals surface area contributed by atoms with Gasteiger partial charge in [-0.3, -0.25) is 0 Å². The molecule has 0 saturated carbocycles. The van der Waals surface area contributed by atoms with Gasteiger partial charge < -0.3 is 10.1 Å². The second-order valence-corrected chi connectivity index (χ2v) is 6.32. The van der Waals surface area contributed by atoms with Crippen LogP contribution < -0.4 is 10.1 Å². The molecule has 1 heterocycles. The van der Waals surface area contributed by atoms with Gasteiger partial charge in [0.1, 0.15) is 5.75 Å². The van der Waals surface area contributed by atoms with Gasteiger partial charge in [-0.05, 0) is 71.9 Å². The van der Waals surface area contributed by atoms with Crippen LogP contribution in [0.5, 0.6) is 5.75 Å². The Bertz CT molecular complexity index is 491. The molecular formula is C13H13Br2NOS. The molecule has 0 bridgehead atoms. The molecule has 0 aliphatic heterocycles. The van der Waals surface area contributed by atoms with E-state index in [1.807, 2.05) is 0 Å². The first kappa shape index (κ1) is 14.1. The second kappa shape index (κ2) is 6.70. The molecule has 0 atom stereocenters. The van der Waals surface area contributed by atoms with Crippen molar-refractivity contribution in [1.82, 2.24) is 5.32 Å². The van der Waals surface area contributed by atoms with Crippen molar-refractivity contribution < 1.29 is 4.74 Å². The Morgan fingerprint density at radius 3 is 2.39 bits per heavy atom. The van der Waals surface area contributed by atoms with Crippen molar-refractivity contribution in [2.24, 2.45) is 0 Å². The summed E-state index contributed by atoms with van der Waals surface area (Å²) >= 11 is 8.74. The Morgan fingerprint density at radius 2 is 1.83 bits per heavy atom. The normalized spacial score (nSPS) is 10.6. The Balaban J connectivity index is 1.97. The zero-order valence-electron chi connectivity index (χ0n) is 9.87. The third-order valence-electron chi connectivity index (χ3n) is 2.50. The molecule has 0 radical (unpaired) electrons. The molecule has 1 aromatic heterocycles. The molecule has 0 fully saturated rings. The molecule has 2 rings (SSSR count). The van der Waals surface area contributed by atoms with Gasteiger partial charge in [-0.2, -0.15) is 11.3 Å². The second-order valence-electron chi connectivity index (χ2n) is 3.83. The Kier molecular flexibility index (Phi) is 5.24. The Labute approximate surface area is 128 Å². The summed E-state index contributed by atoms with van der Waals surface area (Å²) < 4.78 is 7.21. The monoisotopic (exact) mass is 389 g/mol. The van der Waals surface area contributed by atoms with Gasteiger partial charge in [0, 0.05) is 13.1 Å². The average Bonchev–Trinajstić information content (AvgIpc) is 2.82. The molecule has 0 spiro atoms. The Hall–Kier alpha value is -0.360. The average molecular weight is 391 g/mol. The molecule has 18 heavy (non-hydrogen) atoms. The van der Waals surface area contributed by atoms with Crippen LogP contribution in [0, 0.1) is 0 Å². The quantitative estimate of drug-likeness (QED) is 0.807. The summed E-state index contributed by atoms with van der Waals surface area (Å²) in [5.41, 5.74) is 2.54. The molecule has 1 aromatic carbocycles. The highest BCUT2D eigenvalue weighted by Gasteiger charge is 2.07. The first-order chi connectivity index (χ1) is 8.70. The van der Waals surface area contributed by atoms with Crippen molar-refractivity contribution in [1.29, 1.82) is 0 Å². The third kappa shape index (κ3) is 3.57. The molecule has 0 aliphatic rings. The van der Waals surface area contributed by atoms with Crippen molar-refractivity contribution >= 4 is 43.2 Å². The summed E-state index contributed by atoms with van der Waals surface area (Å²) in [5, 5.41) is 7.67. The number of ether oxygens (including phenoxy) is 1. The highest BCUT2D eigenvalue weighted by molar-refractivity contribution is 9.11. The fraction of sp³-hybridized carbons (Fsp3) is 0.231. The predicted molar refractivity (Wildman–Crippen MR) is 83.3 cm³/mol. The van der Waals surface area contributed by atoms with E-state index in [0.29, 0.717) is 0 Å². The summed E-state index contributed by atoms with van der Waals surface area (Å²) in [6.45, 7) is 1.72. The van der Waals surface area contributed by atoms with Gasteiger partial charge in [-0.25, -0.2) is 0 Å². The highest BCUT2D eigenvalue weighted by Crippen LogP contribution is 2.34. The van der Waals surface area contributed by atoms with Gasteiger partial charge >= 0.3 is 0 Å². The van der Waals surface area contributed by atoms with Crippen LogP contribution in [0.15, 0.2) is 37.9 Å². The van der Waals surface area contributed by atoms with Gasteiger partial charge in [-0.15, -0.1) is 0 Å². The van der Waals surface area contributed by atoms with Gasteiger partial charge in [0.15, 0.2) is 0 Å². The zero-order chi connectivity index (χ0) is 13.0. The first-order valence-corrected chi connectivity index (χ1v) is 7.97. The topological polar surface area (TPSA) is 21.3 Å². The maximum Gasteiger partial charge on any atom is 0.147 e. The lowest BCUT2D eigenvalue weighted by Crippen LogP contribution is -2.12. The van der Waals surface area contributed by atoms with E-state index in [1.165, 1.54) is 11.1 Å². The zero-order valence-corrected chi connectivity index (χ0v) is 13.9. The minimum atomic E-state index is 0.830. The van der Waals surface area contributed by atoms with E-state index in [0.717, 1.165) is 27.8 Å². The number of thiophene rings is 1. The van der Waals surface area contributed by atoms with Crippen LogP contribution >= 0.6 is 43.2 Å². The maximum atomic E-state index is 5.28. The number of hydrogen-bond acceptors (Lipinski definition) is 3. The fourth-order valence-corrected chi connectivity index (χ4v) is 3.93. The molecule has 5 heteroatoms. The molecule has 2 aromatic rings. The van der Waals surface area contributed by atoms with Gasteiger partial charge in [0.05, 0.1) is 16.1 Å². The number of halogens is 2. The van der Waals surface area contributed by atoms with Crippen LogP contribution in [-0.2, 0) is 13.1 Å². The summed E-state index contributed by atoms with van der Waals surface area (Å²) in [4.78, 5) is 0. The van der Waals surface area contributed by atoms with Crippen molar-refractivity contribution in [3.63, 3.8) is 0 Å². The lowest BCUT2D eigenvalue weighted by atomic mass is 10.2. The number of methoxy groups -OCH3 is 1. The van der Waals surface area contributed by atoms with Crippen molar-refractivity contribution in [3.8, 4) is 5.75 Å². The third-order valence-corrected chi connectivity index (χ3v) is 4.41. The summed E-state index contributed by atoms with van der Waals surface area (Å²) in [5.74, 6) is 0.830. The van der Waals surface area contributed by atoms with Gasteiger partial charge in [-0.1, -0.05) is 0 Å². The number of benzene rings is 1. The summed E-state index contributed by atoms with van der Waals surface area (Å²) in [6, 6.07) is 6.28. The van der Waals surface area contributed by atoms with Crippen molar-refractivity contribution in [2.75, 3.05) is 7.11 Å². The smallest absolute Gasteiger partial charge is 0.147 e. The lowest BCUT2D eigenvalue weighted by molar-refractivity contribution is 0.409. The van der Waals surface area contributed by atoms with Gasteiger partial charge in [0.2, 0.25) is 0 Å². The lowest BCUT2D eigenvalue weighted by Gasteiger charge is -2.10. The molecule has 96 valence electrons. The van der Waals surface area contributed by atoms with E-state index in [9.17, 15) is 0 Å². The molecule has 2 nitrogen and oxygen atoms in total. The summed E-state index contributed by atoms with van der Waals surface area (Å²) in [6.07, 6.45) is 0. The van der Waals surface area contributed by atoms with E-state index >= 15 is 0 Å². The first-order valence-electron chi connectivity index (χ1n) is 5.44. The van der Waals surface area contributed by atoms with Crippen LogP contribution in [0.4, 0.5) is 0 Å². The van der Waals surface area contributed by atoms with E-state index < -0.39 is 0 Å². The number of rotatable bonds is 5. The van der Waals surface area contributed by atoms with E-state index in [4.69, 9.17) is 4.74 Å². The maximum absolute atomic E-state index is 5.28. The van der Waals surface area contributed by atoms with Crippen LogP contribution in [0.25, 0.3) is 0 Å². The van der Waals surface area contributed by atoms with Crippen LogP contribution in [0.3, 0.4) is 0 Å². The minimum absolute atomic E-state index is 0.830. The van der Waals surface area contributed by atoms with Crippen molar-refractivity contribution in [3.05, 3.63) is 49.0 Å². The largest absolute Gasteiger partial charge is 0.494 e. The standard InChI is InChI=1S/C13H13Br2NOS/c1-17-13-11(14)4-10(5-12(13)15)7-16-6-9-2-3-18-8-9/h2-5,8,16H,6-7H2,1H3.